The third kappa shape index (κ3) is 0.912. The summed E-state index contributed by atoms with van der Waals surface area (Å²) < 4.78 is 0. The molecule has 1 heterocycles. The first-order chi connectivity index (χ1) is 3.72. The van der Waals surface area contributed by atoms with E-state index in [0.29, 0.717) is 0 Å². The van der Waals surface area contributed by atoms with Crippen LogP contribution in [0.25, 0.3) is 0 Å². The van der Waals surface area contributed by atoms with Crippen molar-refractivity contribution in [2.75, 3.05) is 0 Å². The summed E-state index contributed by atoms with van der Waals surface area (Å²) in [5, 5.41) is 0. The lowest BCUT2D eigenvalue weighted by Crippen LogP contribution is -2.29. The summed E-state index contributed by atoms with van der Waals surface area (Å²) in [6.07, 6.45) is 1.36. The molecule has 0 spiro atoms. The Morgan fingerprint density at radius 3 is 2.12 bits per heavy atom. The van der Waals surface area contributed by atoms with Gasteiger partial charge in [0.1, 0.15) is 7.28 Å². The zero-order valence-electron chi connectivity index (χ0n) is 6.02. The molecule has 1 saturated heterocycles. The number of rotatable bonds is 1. The van der Waals surface area contributed by atoms with Crippen LogP contribution in [0.4, 0.5) is 0 Å². The Bertz CT molecular complexity index is 73.7. The normalized spacial score (nSPS) is 36.5. The Hall–Kier alpha value is 0.0649. The van der Waals surface area contributed by atoms with E-state index in [1.165, 1.54) is 6.32 Å². The first-order valence-electron chi connectivity index (χ1n) is 3.55. The zero-order chi connectivity index (χ0) is 6.15. The Morgan fingerprint density at radius 1 is 1.50 bits per heavy atom. The van der Waals surface area contributed by atoms with Crippen LogP contribution in [-0.2, 0) is 0 Å². The topological polar surface area (TPSA) is 0 Å². The van der Waals surface area contributed by atoms with E-state index in [1.807, 2.05) is 0 Å². The van der Waals surface area contributed by atoms with Crippen molar-refractivity contribution in [3.05, 3.63) is 0 Å². The Balaban J connectivity index is 2.26. The van der Waals surface area contributed by atoms with E-state index < -0.39 is 0 Å². The zero-order valence-corrected chi connectivity index (χ0v) is 6.02. The molecule has 2 atom stereocenters. The lowest BCUT2D eigenvalue weighted by atomic mass is 9.41. The van der Waals surface area contributed by atoms with Crippen molar-refractivity contribution in [1.29, 1.82) is 0 Å². The van der Waals surface area contributed by atoms with E-state index >= 15 is 0 Å². The van der Waals surface area contributed by atoms with Gasteiger partial charge in [0.2, 0.25) is 0 Å². The maximum Gasteiger partial charge on any atom is 0.113 e. The Morgan fingerprint density at radius 2 is 2.12 bits per heavy atom. The molecule has 1 aliphatic heterocycles. The van der Waals surface area contributed by atoms with E-state index in [-0.39, 0.29) is 0 Å². The van der Waals surface area contributed by atoms with Gasteiger partial charge in [-0.3, -0.25) is 0 Å². The summed E-state index contributed by atoms with van der Waals surface area (Å²) >= 11 is 0. The van der Waals surface area contributed by atoms with Gasteiger partial charge in [-0.15, -0.1) is 0 Å². The Kier molecular flexibility index (Phi) is 1.64. The molecule has 45 valence electrons. The molecule has 0 bridgehead atoms. The lowest BCUT2D eigenvalue weighted by molar-refractivity contribution is 0.368. The smallest absolute Gasteiger partial charge is 0.0774 e. The average molecular weight is 109 g/mol. The second-order valence-corrected chi connectivity index (χ2v) is 3.24. The molecule has 1 aliphatic rings. The lowest BCUT2D eigenvalue weighted by Gasteiger charge is -2.36. The number of hydrogen-bond acceptors (Lipinski definition) is 0. The van der Waals surface area contributed by atoms with Crippen molar-refractivity contribution in [3.8, 4) is 0 Å². The van der Waals surface area contributed by atoms with Crippen LogP contribution < -0.4 is 0 Å². The highest BCUT2D eigenvalue weighted by molar-refractivity contribution is 6.41. The van der Waals surface area contributed by atoms with Gasteiger partial charge in [0.05, 0.1) is 0 Å². The fourth-order valence-corrected chi connectivity index (χ4v) is 1.44. The fourth-order valence-electron chi connectivity index (χ4n) is 1.44. The van der Waals surface area contributed by atoms with Crippen LogP contribution in [-0.4, -0.2) is 7.28 Å². The second-order valence-electron chi connectivity index (χ2n) is 3.24. The molecule has 1 radical (unpaired) electrons. The van der Waals surface area contributed by atoms with E-state index in [1.54, 1.807) is 0 Å². The van der Waals surface area contributed by atoms with Crippen LogP contribution >= 0.6 is 0 Å². The SMILES string of the molecule is CC(C)C1C[B]C1C. The predicted octanol–water partition coefficient (Wildman–Crippen LogP) is 2.20. The summed E-state index contributed by atoms with van der Waals surface area (Å²) in [7, 11) is 2.41. The molecule has 0 nitrogen and oxygen atoms in total. The van der Waals surface area contributed by atoms with E-state index in [9.17, 15) is 0 Å². The highest BCUT2D eigenvalue weighted by Crippen LogP contribution is 2.38. The molecule has 0 aromatic carbocycles. The maximum atomic E-state index is 2.41. The maximum absolute atomic E-state index is 2.41. The summed E-state index contributed by atoms with van der Waals surface area (Å²) in [5.74, 6) is 2.79. The molecule has 0 amide bonds. The third-order valence-electron chi connectivity index (χ3n) is 2.31. The van der Waals surface area contributed by atoms with Crippen molar-refractivity contribution >= 4 is 7.28 Å². The van der Waals surface area contributed by atoms with Crippen LogP contribution in [0.5, 0.6) is 0 Å². The first kappa shape index (κ1) is 6.19. The molecule has 2 unspecified atom stereocenters. The highest BCUT2D eigenvalue weighted by atomic mass is 14.2. The molecule has 0 aromatic rings. The molecule has 0 aliphatic carbocycles. The molecule has 1 fully saturated rings. The van der Waals surface area contributed by atoms with Crippen molar-refractivity contribution in [3.63, 3.8) is 0 Å². The minimum absolute atomic E-state index is 0.898. The van der Waals surface area contributed by atoms with Gasteiger partial charge >= 0.3 is 0 Å². The molecule has 0 saturated carbocycles. The third-order valence-corrected chi connectivity index (χ3v) is 2.31. The second kappa shape index (κ2) is 2.12. The van der Waals surface area contributed by atoms with Gasteiger partial charge in [0.15, 0.2) is 0 Å². The van der Waals surface area contributed by atoms with Gasteiger partial charge < -0.3 is 0 Å². The van der Waals surface area contributed by atoms with E-state index in [0.717, 1.165) is 17.7 Å². The van der Waals surface area contributed by atoms with Crippen LogP contribution in [0.3, 0.4) is 0 Å². The quantitative estimate of drug-likeness (QED) is 0.453. The predicted molar refractivity (Wildman–Crippen MR) is 38.3 cm³/mol. The monoisotopic (exact) mass is 109 g/mol. The molecule has 0 N–H and O–H groups in total. The van der Waals surface area contributed by atoms with Crippen LogP contribution in [0.15, 0.2) is 0 Å². The van der Waals surface area contributed by atoms with Gasteiger partial charge in [0, 0.05) is 0 Å². The minimum Gasteiger partial charge on any atom is -0.0774 e. The van der Waals surface area contributed by atoms with Gasteiger partial charge in [-0.1, -0.05) is 38.8 Å². The standard InChI is InChI=1S/C7H14B/c1-5(2)7-4-8-6(7)3/h5-7H,4H2,1-3H3. The van der Waals surface area contributed by atoms with Gasteiger partial charge in [-0.25, -0.2) is 0 Å². The van der Waals surface area contributed by atoms with Crippen LogP contribution in [0.2, 0.25) is 12.1 Å². The summed E-state index contributed by atoms with van der Waals surface area (Å²) in [5.41, 5.74) is 0. The number of hydrogen-bond donors (Lipinski definition) is 0. The van der Waals surface area contributed by atoms with Crippen molar-refractivity contribution in [2.45, 2.75) is 32.9 Å². The molecular weight excluding hydrogens is 94.9 g/mol. The van der Waals surface area contributed by atoms with Crippen molar-refractivity contribution in [2.24, 2.45) is 11.8 Å². The largest absolute Gasteiger partial charge is 0.113 e. The van der Waals surface area contributed by atoms with Crippen LogP contribution in [0.1, 0.15) is 20.8 Å². The molecule has 1 rings (SSSR count). The van der Waals surface area contributed by atoms with Crippen LogP contribution in [0, 0.1) is 11.8 Å². The van der Waals surface area contributed by atoms with Gasteiger partial charge in [-0.2, -0.15) is 0 Å². The van der Waals surface area contributed by atoms with Crippen molar-refractivity contribution < 1.29 is 0 Å². The molecule has 0 aromatic heterocycles. The highest BCUT2D eigenvalue weighted by Gasteiger charge is 2.29. The van der Waals surface area contributed by atoms with E-state index in [4.69, 9.17) is 0 Å². The molecule has 8 heavy (non-hydrogen) atoms. The summed E-state index contributed by atoms with van der Waals surface area (Å²) in [4.78, 5) is 0. The summed E-state index contributed by atoms with van der Waals surface area (Å²) in [6.45, 7) is 6.94. The van der Waals surface area contributed by atoms with Gasteiger partial charge in [0.25, 0.3) is 0 Å². The summed E-state index contributed by atoms with van der Waals surface area (Å²) in [6, 6.07) is 0. The molecular formula is C7H14B. The Labute approximate surface area is 52.9 Å². The minimum atomic E-state index is 0.898. The van der Waals surface area contributed by atoms with E-state index in [2.05, 4.69) is 28.1 Å². The van der Waals surface area contributed by atoms with Crippen molar-refractivity contribution in [1.82, 2.24) is 0 Å². The molecule has 1 heteroatoms. The fraction of sp³-hybridized carbons (Fsp3) is 1.00. The first-order valence-corrected chi connectivity index (χ1v) is 3.55. The van der Waals surface area contributed by atoms with Gasteiger partial charge in [-0.05, 0) is 5.92 Å². The average Bonchev–Trinajstić information content (AvgIpc) is 1.61.